The zero-order valence-corrected chi connectivity index (χ0v) is 20.3. The van der Waals surface area contributed by atoms with Gasteiger partial charge in [-0.05, 0) is 44.0 Å². The number of urea groups is 1. The average Bonchev–Trinajstić information content (AvgIpc) is 3.05. The van der Waals surface area contributed by atoms with E-state index in [1.54, 1.807) is 0 Å². The zero-order chi connectivity index (χ0) is 24.2. The number of aromatic nitrogens is 4. The number of rotatable bonds is 5. The van der Waals surface area contributed by atoms with Crippen LogP contribution in [0.5, 0.6) is 0 Å². The van der Waals surface area contributed by atoms with E-state index in [-0.39, 0.29) is 6.03 Å². The minimum absolute atomic E-state index is 0.0642. The molecule has 8 heteroatoms. The fourth-order valence-electron chi connectivity index (χ4n) is 4.58. The number of aryl methyl sites for hydroxylation is 2. The molecule has 0 spiro atoms. The first kappa shape index (κ1) is 22.8. The molecule has 8 nitrogen and oxygen atoms in total. The predicted molar refractivity (Wildman–Crippen MR) is 139 cm³/mol. The summed E-state index contributed by atoms with van der Waals surface area (Å²) in [6.07, 6.45) is 2.64. The molecule has 1 saturated heterocycles. The van der Waals surface area contributed by atoms with E-state index in [1.165, 1.54) is 0 Å². The number of para-hydroxylation sites is 2. The Morgan fingerprint density at radius 1 is 0.943 bits per heavy atom. The third kappa shape index (κ3) is 4.82. The molecule has 35 heavy (non-hydrogen) atoms. The van der Waals surface area contributed by atoms with Crippen molar-refractivity contribution in [3.63, 3.8) is 0 Å². The Kier molecular flexibility index (Phi) is 6.61. The Morgan fingerprint density at radius 3 is 2.43 bits per heavy atom. The van der Waals surface area contributed by atoms with Crippen molar-refractivity contribution in [2.45, 2.75) is 33.1 Å². The molecule has 1 fully saturated rings. The molecule has 0 aliphatic carbocycles. The Balaban J connectivity index is 1.45. The summed E-state index contributed by atoms with van der Waals surface area (Å²) in [4.78, 5) is 27.0. The largest absolute Gasteiger partial charge is 0.354 e. The van der Waals surface area contributed by atoms with Crippen molar-refractivity contribution < 1.29 is 4.79 Å². The second kappa shape index (κ2) is 10.1. The SMILES string of the molecule is CCCc1nc(N2CCCN(C(=O)Nc3ccccc3)CC2)c2c(C)nn(-c3ccccc3)c2n1. The van der Waals surface area contributed by atoms with Gasteiger partial charge in [0.2, 0.25) is 0 Å². The predicted octanol–water partition coefficient (Wildman–Crippen LogP) is 4.82. The molecule has 0 radical (unpaired) electrons. The van der Waals surface area contributed by atoms with Crippen LogP contribution in [0.25, 0.3) is 16.7 Å². The highest BCUT2D eigenvalue weighted by Gasteiger charge is 2.25. The molecule has 0 bridgehead atoms. The molecule has 2 amide bonds. The molecule has 2 aromatic heterocycles. The summed E-state index contributed by atoms with van der Waals surface area (Å²) in [7, 11) is 0. The van der Waals surface area contributed by atoms with E-state index >= 15 is 0 Å². The number of nitrogens with zero attached hydrogens (tertiary/aromatic N) is 6. The first-order valence-electron chi connectivity index (χ1n) is 12.3. The van der Waals surface area contributed by atoms with Gasteiger partial charge < -0.3 is 15.1 Å². The van der Waals surface area contributed by atoms with E-state index in [9.17, 15) is 4.79 Å². The smallest absolute Gasteiger partial charge is 0.321 e. The normalized spacial score (nSPS) is 14.2. The van der Waals surface area contributed by atoms with Gasteiger partial charge in [0.05, 0.1) is 16.8 Å². The lowest BCUT2D eigenvalue weighted by Gasteiger charge is -2.24. The van der Waals surface area contributed by atoms with Crippen molar-refractivity contribution >= 4 is 28.6 Å². The third-order valence-corrected chi connectivity index (χ3v) is 6.31. The Labute approximate surface area is 205 Å². The molecule has 180 valence electrons. The lowest BCUT2D eigenvalue weighted by molar-refractivity contribution is 0.215. The van der Waals surface area contributed by atoms with Crippen LogP contribution in [0.4, 0.5) is 16.3 Å². The van der Waals surface area contributed by atoms with Gasteiger partial charge in [0.25, 0.3) is 0 Å². The molecule has 4 aromatic rings. The Bertz CT molecular complexity index is 1300. The summed E-state index contributed by atoms with van der Waals surface area (Å²) in [5, 5.41) is 8.84. The van der Waals surface area contributed by atoms with E-state index < -0.39 is 0 Å². The molecule has 2 aromatic carbocycles. The van der Waals surface area contributed by atoms with Crippen LogP contribution in [-0.2, 0) is 6.42 Å². The quantitative estimate of drug-likeness (QED) is 0.453. The monoisotopic (exact) mass is 469 g/mol. The standard InChI is InChI=1S/C27H31N7O/c1-3-11-23-29-25(24-20(2)31-34(26(24)30-23)22-14-8-5-9-15-22)32-16-10-17-33(19-18-32)27(35)28-21-12-6-4-7-13-21/h4-9,12-15H,3,10-11,16-19H2,1-2H3,(H,28,35). The highest BCUT2D eigenvalue weighted by atomic mass is 16.2. The molecule has 1 aliphatic rings. The second-order valence-electron chi connectivity index (χ2n) is 8.87. The van der Waals surface area contributed by atoms with Crippen LogP contribution in [0.15, 0.2) is 60.7 Å². The summed E-state index contributed by atoms with van der Waals surface area (Å²) in [5.74, 6) is 1.75. The van der Waals surface area contributed by atoms with Crippen LogP contribution in [0.1, 0.15) is 31.3 Å². The van der Waals surface area contributed by atoms with Crippen molar-refractivity contribution in [3.8, 4) is 5.69 Å². The summed E-state index contributed by atoms with van der Waals surface area (Å²) in [6.45, 7) is 7.01. The van der Waals surface area contributed by atoms with Gasteiger partial charge >= 0.3 is 6.03 Å². The zero-order valence-electron chi connectivity index (χ0n) is 20.3. The second-order valence-corrected chi connectivity index (χ2v) is 8.87. The molecule has 0 saturated carbocycles. The van der Waals surface area contributed by atoms with Crippen LogP contribution < -0.4 is 10.2 Å². The molecule has 1 N–H and O–H groups in total. The number of hydrogen-bond acceptors (Lipinski definition) is 5. The summed E-state index contributed by atoms with van der Waals surface area (Å²) < 4.78 is 1.92. The number of carbonyl (C=O) groups is 1. The lowest BCUT2D eigenvalue weighted by Crippen LogP contribution is -2.38. The van der Waals surface area contributed by atoms with Crippen LogP contribution in [0.3, 0.4) is 0 Å². The molecule has 3 heterocycles. The van der Waals surface area contributed by atoms with Crippen molar-refractivity contribution in [3.05, 3.63) is 72.2 Å². The number of amides is 2. The van der Waals surface area contributed by atoms with E-state index in [1.807, 2.05) is 77.2 Å². The minimum Gasteiger partial charge on any atom is -0.354 e. The topological polar surface area (TPSA) is 79.2 Å². The lowest BCUT2D eigenvalue weighted by atomic mass is 10.2. The molecule has 0 atom stereocenters. The summed E-state index contributed by atoms with van der Waals surface area (Å²) in [6, 6.07) is 19.6. The van der Waals surface area contributed by atoms with Crippen molar-refractivity contribution in [2.75, 3.05) is 36.4 Å². The highest BCUT2D eigenvalue weighted by Crippen LogP contribution is 2.30. The maximum Gasteiger partial charge on any atom is 0.321 e. The van der Waals surface area contributed by atoms with Gasteiger partial charge in [0.1, 0.15) is 11.6 Å². The van der Waals surface area contributed by atoms with Gasteiger partial charge in [-0.1, -0.05) is 43.3 Å². The maximum absolute atomic E-state index is 12.9. The van der Waals surface area contributed by atoms with Crippen molar-refractivity contribution in [1.29, 1.82) is 0 Å². The first-order valence-corrected chi connectivity index (χ1v) is 12.3. The van der Waals surface area contributed by atoms with Crippen LogP contribution in [0, 0.1) is 6.92 Å². The number of nitrogens with one attached hydrogen (secondary N) is 1. The first-order chi connectivity index (χ1) is 17.1. The summed E-state index contributed by atoms with van der Waals surface area (Å²) >= 11 is 0. The number of benzene rings is 2. The molecule has 0 unspecified atom stereocenters. The van der Waals surface area contributed by atoms with Crippen molar-refractivity contribution in [1.82, 2.24) is 24.6 Å². The fraction of sp³-hybridized carbons (Fsp3) is 0.333. The molecular formula is C27H31N7O. The number of hydrogen-bond donors (Lipinski definition) is 1. The number of anilines is 2. The number of carbonyl (C=O) groups excluding carboxylic acids is 1. The molecule has 5 rings (SSSR count). The molecule has 1 aliphatic heterocycles. The van der Waals surface area contributed by atoms with Crippen LogP contribution in [0.2, 0.25) is 0 Å². The fourth-order valence-corrected chi connectivity index (χ4v) is 4.58. The minimum atomic E-state index is -0.0642. The van der Waals surface area contributed by atoms with E-state index in [0.717, 1.165) is 65.6 Å². The van der Waals surface area contributed by atoms with Gasteiger partial charge in [0.15, 0.2) is 5.65 Å². The van der Waals surface area contributed by atoms with Gasteiger partial charge in [-0.2, -0.15) is 5.10 Å². The van der Waals surface area contributed by atoms with Gasteiger partial charge in [-0.25, -0.2) is 19.4 Å². The third-order valence-electron chi connectivity index (χ3n) is 6.31. The van der Waals surface area contributed by atoms with Crippen LogP contribution in [-0.4, -0.2) is 56.9 Å². The Morgan fingerprint density at radius 2 is 1.69 bits per heavy atom. The van der Waals surface area contributed by atoms with Crippen molar-refractivity contribution in [2.24, 2.45) is 0 Å². The average molecular weight is 470 g/mol. The van der Waals surface area contributed by atoms with Gasteiger partial charge in [0, 0.05) is 38.3 Å². The van der Waals surface area contributed by atoms with E-state index in [0.29, 0.717) is 19.6 Å². The Hall–Kier alpha value is -3.94. The molecular weight excluding hydrogens is 438 g/mol. The summed E-state index contributed by atoms with van der Waals surface area (Å²) in [5.41, 5.74) is 3.54. The number of fused-ring (bicyclic) bond motifs is 1. The highest BCUT2D eigenvalue weighted by molar-refractivity contribution is 5.91. The van der Waals surface area contributed by atoms with Crippen LogP contribution >= 0.6 is 0 Å². The van der Waals surface area contributed by atoms with Gasteiger partial charge in [-0.15, -0.1) is 0 Å². The van der Waals surface area contributed by atoms with Gasteiger partial charge in [-0.3, -0.25) is 0 Å². The maximum atomic E-state index is 12.9. The van der Waals surface area contributed by atoms with E-state index in [4.69, 9.17) is 15.1 Å². The van der Waals surface area contributed by atoms with E-state index in [2.05, 4.69) is 17.1 Å².